The first-order valence-corrected chi connectivity index (χ1v) is 11.9. The van der Waals surface area contributed by atoms with E-state index in [-0.39, 0.29) is 11.2 Å². The molecule has 1 N–H and O–H groups in total. The Morgan fingerprint density at radius 2 is 1.79 bits per heavy atom. The third-order valence-corrected chi connectivity index (χ3v) is 7.28. The Kier molecular flexibility index (Phi) is 6.14. The van der Waals surface area contributed by atoms with Crippen molar-refractivity contribution in [1.82, 2.24) is 4.98 Å². The number of ether oxygens (including phenoxy) is 2. The summed E-state index contributed by atoms with van der Waals surface area (Å²) in [5.41, 5.74) is 2.85. The Bertz CT molecular complexity index is 1140. The molecule has 6 rings (SSSR count). The van der Waals surface area contributed by atoms with E-state index in [1.807, 2.05) is 42.6 Å². The second-order valence-electron chi connectivity index (χ2n) is 9.41. The summed E-state index contributed by atoms with van der Waals surface area (Å²) in [6.45, 7) is 0.537. The standard InChI is InChI=1S/C28H30N2O4/c1-33-25-8-7-24(17-26(25)34-28-12-9-20(10-13-28)11-14-28)30(19-21-4-3-15-29-18-21)23-6-2-5-22(16-23)27(31)32/h2-8,15-18,20H,9-14,19H2,1H3,(H,31,32). The van der Waals surface area contributed by atoms with Gasteiger partial charge in [0, 0.05) is 36.4 Å². The molecule has 2 bridgehead atoms. The fraction of sp³-hybridized carbons (Fsp3) is 0.357. The van der Waals surface area contributed by atoms with E-state index < -0.39 is 5.97 Å². The van der Waals surface area contributed by atoms with Crippen LogP contribution in [-0.4, -0.2) is 28.8 Å². The van der Waals surface area contributed by atoms with E-state index in [0.717, 1.165) is 47.9 Å². The summed E-state index contributed by atoms with van der Waals surface area (Å²) in [4.78, 5) is 18.0. The molecule has 1 heterocycles. The van der Waals surface area contributed by atoms with Gasteiger partial charge in [-0.2, -0.15) is 0 Å². The fourth-order valence-corrected chi connectivity index (χ4v) is 5.32. The number of methoxy groups -OCH3 is 1. The van der Waals surface area contributed by atoms with E-state index in [4.69, 9.17) is 9.47 Å². The summed E-state index contributed by atoms with van der Waals surface area (Å²) >= 11 is 0. The molecular formula is C28H30N2O4. The second-order valence-corrected chi connectivity index (χ2v) is 9.41. The van der Waals surface area contributed by atoms with Crippen molar-refractivity contribution in [3.8, 4) is 11.5 Å². The predicted octanol–water partition coefficient (Wildman–Crippen LogP) is 6.23. The SMILES string of the molecule is COc1ccc(N(Cc2cccnc2)c2cccc(C(=O)O)c2)cc1OC12CCC(CC1)CC2. The van der Waals surface area contributed by atoms with Crippen LogP contribution in [0.2, 0.25) is 0 Å². The number of aromatic carboxylic acids is 1. The van der Waals surface area contributed by atoms with Crippen molar-refractivity contribution in [2.24, 2.45) is 5.92 Å². The van der Waals surface area contributed by atoms with E-state index in [2.05, 4.69) is 9.88 Å². The van der Waals surface area contributed by atoms with Gasteiger partial charge in [-0.15, -0.1) is 0 Å². The van der Waals surface area contributed by atoms with E-state index in [1.54, 1.807) is 31.5 Å². The summed E-state index contributed by atoms with van der Waals surface area (Å²) in [6.07, 6.45) is 10.5. The highest BCUT2D eigenvalue weighted by Crippen LogP contribution is 2.48. The molecule has 3 aromatic rings. The van der Waals surface area contributed by atoms with E-state index in [0.29, 0.717) is 12.3 Å². The van der Waals surface area contributed by atoms with Crippen LogP contribution in [0.3, 0.4) is 0 Å². The van der Waals surface area contributed by atoms with Crippen LogP contribution in [0, 0.1) is 5.92 Å². The van der Waals surface area contributed by atoms with Crippen LogP contribution in [-0.2, 0) is 6.54 Å². The molecule has 3 aliphatic rings. The zero-order valence-electron chi connectivity index (χ0n) is 19.4. The highest BCUT2D eigenvalue weighted by molar-refractivity contribution is 5.89. The minimum atomic E-state index is -0.950. The van der Waals surface area contributed by atoms with Crippen LogP contribution >= 0.6 is 0 Å². The minimum absolute atomic E-state index is 0.113. The Morgan fingerprint density at radius 1 is 1.03 bits per heavy atom. The first-order valence-electron chi connectivity index (χ1n) is 11.9. The molecule has 176 valence electrons. The fourth-order valence-electron chi connectivity index (χ4n) is 5.32. The minimum Gasteiger partial charge on any atom is -0.493 e. The maximum atomic E-state index is 11.6. The molecule has 6 heteroatoms. The van der Waals surface area contributed by atoms with Gasteiger partial charge in [-0.3, -0.25) is 4.98 Å². The third-order valence-electron chi connectivity index (χ3n) is 7.28. The van der Waals surface area contributed by atoms with Crippen LogP contribution in [0.5, 0.6) is 11.5 Å². The molecule has 34 heavy (non-hydrogen) atoms. The molecule has 3 aliphatic carbocycles. The highest BCUT2D eigenvalue weighted by atomic mass is 16.5. The Hall–Kier alpha value is -3.54. The molecule has 6 nitrogen and oxygen atoms in total. The molecule has 0 radical (unpaired) electrons. The maximum absolute atomic E-state index is 11.6. The van der Waals surface area contributed by atoms with Gasteiger partial charge in [0.05, 0.1) is 12.7 Å². The van der Waals surface area contributed by atoms with Crippen LogP contribution in [0.15, 0.2) is 67.0 Å². The van der Waals surface area contributed by atoms with Crippen molar-refractivity contribution in [1.29, 1.82) is 0 Å². The normalized spacial score (nSPS) is 21.1. The lowest BCUT2D eigenvalue weighted by Crippen LogP contribution is -2.44. The highest BCUT2D eigenvalue weighted by Gasteiger charge is 2.42. The van der Waals surface area contributed by atoms with Crippen molar-refractivity contribution >= 4 is 17.3 Å². The summed E-state index contributed by atoms with van der Waals surface area (Å²) in [7, 11) is 1.67. The first-order chi connectivity index (χ1) is 16.5. The summed E-state index contributed by atoms with van der Waals surface area (Å²) in [5, 5.41) is 9.54. The van der Waals surface area contributed by atoms with Crippen molar-refractivity contribution in [3.63, 3.8) is 0 Å². The number of benzene rings is 2. The molecule has 0 aliphatic heterocycles. The monoisotopic (exact) mass is 458 g/mol. The average Bonchev–Trinajstić information content (AvgIpc) is 2.89. The molecule has 0 spiro atoms. The zero-order valence-corrected chi connectivity index (χ0v) is 19.4. The number of carboxylic acid groups (broad SMARTS) is 1. The van der Waals surface area contributed by atoms with Gasteiger partial charge in [-0.25, -0.2) is 4.79 Å². The molecular weight excluding hydrogens is 428 g/mol. The summed E-state index contributed by atoms with van der Waals surface area (Å²) in [6, 6.07) is 16.9. The first kappa shape index (κ1) is 22.3. The van der Waals surface area contributed by atoms with Crippen molar-refractivity contribution in [3.05, 3.63) is 78.1 Å². The Morgan fingerprint density at radius 3 is 2.47 bits per heavy atom. The third kappa shape index (κ3) is 4.58. The maximum Gasteiger partial charge on any atom is 0.335 e. The van der Waals surface area contributed by atoms with Gasteiger partial charge in [0.15, 0.2) is 11.5 Å². The number of hydrogen-bond acceptors (Lipinski definition) is 5. The predicted molar refractivity (Wildman–Crippen MR) is 131 cm³/mol. The summed E-state index contributed by atoms with van der Waals surface area (Å²) in [5.74, 6) is 1.36. The number of carbonyl (C=O) groups is 1. The van der Waals surface area contributed by atoms with Gasteiger partial charge >= 0.3 is 5.97 Å². The van der Waals surface area contributed by atoms with E-state index in [1.165, 1.54) is 19.3 Å². The molecule has 3 saturated carbocycles. The zero-order chi connectivity index (χ0) is 23.5. The van der Waals surface area contributed by atoms with Crippen LogP contribution < -0.4 is 14.4 Å². The van der Waals surface area contributed by atoms with E-state index >= 15 is 0 Å². The number of hydrogen-bond donors (Lipinski definition) is 1. The molecule has 0 saturated heterocycles. The van der Waals surface area contributed by atoms with Gasteiger partial charge < -0.3 is 19.5 Å². The average molecular weight is 459 g/mol. The van der Waals surface area contributed by atoms with E-state index in [9.17, 15) is 9.90 Å². The molecule has 0 amide bonds. The lowest BCUT2D eigenvalue weighted by atomic mass is 9.68. The Labute approximate surface area is 200 Å². The van der Waals surface area contributed by atoms with Crippen LogP contribution in [0.1, 0.15) is 54.4 Å². The number of rotatable bonds is 8. The lowest BCUT2D eigenvalue weighted by Gasteiger charge is -2.46. The van der Waals surface area contributed by atoms with Crippen molar-refractivity contribution in [2.75, 3.05) is 12.0 Å². The quantitative estimate of drug-likeness (QED) is 0.432. The number of fused-ring (bicyclic) bond motifs is 3. The number of pyridine rings is 1. The van der Waals surface area contributed by atoms with Gasteiger partial charge in [0.25, 0.3) is 0 Å². The van der Waals surface area contributed by atoms with Gasteiger partial charge in [-0.05, 0) is 86.4 Å². The van der Waals surface area contributed by atoms with Gasteiger partial charge in [0.2, 0.25) is 0 Å². The topological polar surface area (TPSA) is 71.9 Å². The molecule has 0 unspecified atom stereocenters. The number of carboxylic acids is 1. The molecule has 1 aromatic heterocycles. The lowest BCUT2D eigenvalue weighted by molar-refractivity contribution is -0.0336. The van der Waals surface area contributed by atoms with Gasteiger partial charge in [0.1, 0.15) is 5.60 Å². The second kappa shape index (κ2) is 9.37. The van der Waals surface area contributed by atoms with Crippen LogP contribution in [0.25, 0.3) is 0 Å². The van der Waals surface area contributed by atoms with Crippen molar-refractivity contribution < 1.29 is 19.4 Å². The summed E-state index contributed by atoms with van der Waals surface area (Å²) < 4.78 is 12.4. The Balaban J connectivity index is 1.53. The number of nitrogens with zero attached hydrogens (tertiary/aromatic N) is 2. The number of anilines is 2. The largest absolute Gasteiger partial charge is 0.493 e. The van der Waals surface area contributed by atoms with Crippen LogP contribution in [0.4, 0.5) is 11.4 Å². The molecule has 2 aromatic carbocycles. The number of aromatic nitrogens is 1. The smallest absolute Gasteiger partial charge is 0.335 e. The van der Waals surface area contributed by atoms with Crippen molar-refractivity contribution in [2.45, 2.75) is 50.7 Å². The molecule has 0 atom stereocenters. The molecule has 3 fully saturated rings. The van der Waals surface area contributed by atoms with Gasteiger partial charge in [-0.1, -0.05) is 12.1 Å².